The van der Waals surface area contributed by atoms with Gasteiger partial charge in [0.15, 0.2) is 0 Å². The van der Waals surface area contributed by atoms with E-state index in [4.69, 9.17) is 9.84 Å². The molecule has 0 saturated heterocycles. The predicted molar refractivity (Wildman–Crippen MR) is 106 cm³/mol. The minimum Gasteiger partial charge on any atom is -0.493 e. The lowest BCUT2D eigenvalue weighted by atomic mass is 9.70. The number of hydrogen-bond acceptors (Lipinski definition) is 2. The van der Waals surface area contributed by atoms with Crippen molar-refractivity contribution >= 4 is 17.1 Å². The summed E-state index contributed by atoms with van der Waals surface area (Å²) in [6, 6.07) is 3.95. The summed E-state index contributed by atoms with van der Waals surface area (Å²) < 4.78 is 20.3. The molecule has 1 aromatic carbocycles. The van der Waals surface area contributed by atoms with Crippen LogP contribution in [0, 0.1) is 11.8 Å². The zero-order valence-corrected chi connectivity index (χ0v) is 16.9. The average molecular weight is 372 g/mol. The van der Waals surface area contributed by atoms with E-state index >= 15 is 0 Å². The third-order valence-electron chi connectivity index (χ3n) is 5.71. The molecule has 3 nitrogen and oxygen atoms in total. The number of rotatable bonds is 6. The Kier molecular flexibility index (Phi) is 5.20. The van der Waals surface area contributed by atoms with Gasteiger partial charge in [-0.15, -0.1) is 0 Å². The van der Waals surface area contributed by atoms with Crippen LogP contribution in [0.2, 0.25) is 0 Å². The maximum absolute atomic E-state index is 14.2. The van der Waals surface area contributed by atoms with E-state index in [0.717, 1.165) is 24.8 Å². The van der Waals surface area contributed by atoms with Gasteiger partial charge >= 0.3 is 5.97 Å². The standard InChI is InChI=1S/C23H29FO3/c1-13(2)16-8-9-23(4,5)19-11-20(27-12-15-6-7-15)17(10-18(16)19)14(3)21(24)22(25)26/h8,10-11,13,15H,6-7,9,12H2,1-5H3,(H,25,26). The van der Waals surface area contributed by atoms with Crippen molar-refractivity contribution in [2.24, 2.45) is 11.8 Å². The van der Waals surface area contributed by atoms with Crippen LogP contribution in [0.4, 0.5) is 4.39 Å². The number of carboxylic acids is 1. The molecule has 27 heavy (non-hydrogen) atoms. The molecule has 146 valence electrons. The first kappa shape index (κ1) is 19.7. The molecule has 0 aromatic heterocycles. The fraction of sp³-hybridized carbons (Fsp3) is 0.522. The van der Waals surface area contributed by atoms with E-state index < -0.39 is 11.8 Å². The summed E-state index contributed by atoms with van der Waals surface area (Å²) in [5.74, 6) is -1.19. The Morgan fingerprint density at radius 3 is 2.56 bits per heavy atom. The number of hydrogen-bond donors (Lipinski definition) is 1. The van der Waals surface area contributed by atoms with Crippen LogP contribution in [-0.2, 0) is 10.2 Å². The third kappa shape index (κ3) is 3.95. The van der Waals surface area contributed by atoms with Crippen molar-refractivity contribution in [1.29, 1.82) is 0 Å². The molecule has 0 heterocycles. The second-order valence-electron chi connectivity index (χ2n) is 8.79. The van der Waals surface area contributed by atoms with E-state index in [1.54, 1.807) is 0 Å². The molecule has 0 radical (unpaired) electrons. The van der Waals surface area contributed by atoms with Crippen molar-refractivity contribution in [3.63, 3.8) is 0 Å². The second kappa shape index (κ2) is 7.14. The van der Waals surface area contributed by atoms with Gasteiger partial charge in [-0.05, 0) is 72.3 Å². The molecule has 1 saturated carbocycles. The molecular weight excluding hydrogens is 343 g/mol. The number of aliphatic carboxylic acids is 1. The van der Waals surface area contributed by atoms with Crippen molar-refractivity contribution < 1.29 is 19.0 Å². The highest BCUT2D eigenvalue weighted by Crippen LogP contribution is 2.45. The van der Waals surface area contributed by atoms with E-state index in [9.17, 15) is 9.18 Å². The Balaban J connectivity index is 2.18. The fourth-order valence-electron chi connectivity index (χ4n) is 3.69. The highest BCUT2D eigenvalue weighted by Gasteiger charge is 2.32. The molecule has 0 aliphatic heterocycles. The first-order valence-corrected chi connectivity index (χ1v) is 9.73. The maximum atomic E-state index is 14.2. The van der Waals surface area contributed by atoms with Gasteiger partial charge in [-0.3, -0.25) is 0 Å². The van der Waals surface area contributed by atoms with Crippen molar-refractivity contribution in [3.05, 3.63) is 40.7 Å². The van der Waals surface area contributed by atoms with Crippen LogP contribution in [0.3, 0.4) is 0 Å². The number of fused-ring (bicyclic) bond motifs is 1. The van der Waals surface area contributed by atoms with Crippen molar-refractivity contribution in [3.8, 4) is 5.75 Å². The van der Waals surface area contributed by atoms with Gasteiger partial charge in [0.1, 0.15) is 5.75 Å². The summed E-state index contributed by atoms with van der Waals surface area (Å²) in [6.45, 7) is 10.8. The first-order chi connectivity index (χ1) is 12.6. The monoisotopic (exact) mass is 372 g/mol. The number of ether oxygens (including phenoxy) is 1. The van der Waals surface area contributed by atoms with Crippen LogP contribution in [0.1, 0.15) is 70.6 Å². The molecule has 1 fully saturated rings. The predicted octanol–water partition coefficient (Wildman–Crippen LogP) is 5.98. The molecule has 3 rings (SSSR count). The Hall–Kier alpha value is -2.10. The Morgan fingerprint density at radius 1 is 1.33 bits per heavy atom. The lowest BCUT2D eigenvalue weighted by Gasteiger charge is -2.34. The van der Waals surface area contributed by atoms with E-state index in [1.807, 2.05) is 12.1 Å². The number of benzene rings is 1. The summed E-state index contributed by atoms with van der Waals surface area (Å²) in [5, 5.41) is 9.11. The highest BCUT2D eigenvalue weighted by atomic mass is 19.1. The fourth-order valence-corrected chi connectivity index (χ4v) is 3.69. The molecule has 0 bridgehead atoms. The largest absolute Gasteiger partial charge is 0.493 e. The Morgan fingerprint density at radius 2 is 2.00 bits per heavy atom. The molecule has 4 heteroatoms. The summed E-state index contributed by atoms with van der Waals surface area (Å²) >= 11 is 0. The molecule has 0 amide bonds. The quantitative estimate of drug-likeness (QED) is 0.625. The van der Waals surface area contributed by atoms with Gasteiger partial charge in [-0.2, -0.15) is 4.39 Å². The van der Waals surface area contributed by atoms with Crippen LogP contribution in [-0.4, -0.2) is 17.7 Å². The number of halogens is 1. The van der Waals surface area contributed by atoms with Gasteiger partial charge in [-0.1, -0.05) is 33.8 Å². The smallest absolute Gasteiger partial charge is 0.365 e. The zero-order chi connectivity index (χ0) is 19.9. The molecule has 1 N–H and O–H groups in total. The molecule has 0 spiro atoms. The number of allylic oxidation sites excluding steroid dienone is 3. The summed E-state index contributed by atoms with van der Waals surface area (Å²) in [4.78, 5) is 11.2. The Labute approximate surface area is 160 Å². The van der Waals surface area contributed by atoms with Gasteiger partial charge in [0.05, 0.1) is 6.61 Å². The maximum Gasteiger partial charge on any atom is 0.365 e. The molecule has 0 atom stereocenters. The molecule has 0 unspecified atom stereocenters. The van der Waals surface area contributed by atoms with Crippen LogP contribution in [0.15, 0.2) is 24.0 Å². The highest BCUT2D eigenvalue weighted by molar-refractivity contribution is 5.95. The van der Waals surface area contributed by atoms with Gasteiger partial charge in [0, 0.05) is 11.1 Å². The van der Waals surface area contributed by atoms with E-state index in [-0.39, 0.29) is 11.0 Å². The summed E-state index contributed by atoms with van der Waals surface area (Å²) in [7, 11) is 0. The Bertz CT molecular complexity index is 826. The van der Waals surface area contributed by atoms with E-state index in [1.165, 1.54) is 18.1 Å². The number of carbonyl (C=O) groups is 1. The molecule has 2 aliphatic carbocycles. The van der Waals surface area contributed by atoms with Crippen molar-refractivity contribution in [2.75, 3.05) is 6.61 Å². The minimum absolute atomic E-state index is 0.0487. The summed E-state index contributed by atoms with van der Waals surface area (Å²) in [6.07, 6.45) is 5.51. The van der Waals surface area contributed by atoms with Crippen LogP contribution >= 0.6 is 0 Å². The van der Waals surface area contributed by atoms with Gasteiger partial charge in [-0.25, -0.2) is 4.79 Å². The molecule has 2 aliphatic rings. The third-order valence-corrected chi connectivity index (χ3v) is 5.71. The van der Waals surface area contributed by atoms with Gasteiger partial charge < -0.3 is 9.84 Å². The normalized spacial score (nSPS) is 19.3. The van der Waals surface area contributed by atoms with Gasteiger partial charge in [0.2, 0.25) is 5.83 Å². The minimum atomic E-state index is -1.54. The lowest BCUT2D eigenvalue weighted by molar-refractivity contribution is -0.134. The lowest BCUT2D eigenvalue weighted by Crippen LogP contribution is -2.23. The van der Waals surface area contributed by atoms with Crippen LogP contribution < -0.4 is 4.74 Å². The SMILES string of the molecule is CC(=C(F)C(=O)O)c1cc2c(cc1OCC1CC1)C(C)(C)CC=C2C(C)C. The molecular formula is C23H29FO3. The number of carboxylic acid groups (broad SMARTS) is 1. The van der Waals surface area contributed by atoms with E-state index in [0.29, 0.717) is 29.8 Å². The first-order valence-electron chi connectivity index (χ1n) is 9.73. The van der Waals surface area contributed by atoms with Crippen molar-refractivity contribution in [2.45, 2.75) is 59.3 Å². The zero-order valence-electron chi connectivity index (χ0n) is 16.9. The van der Waals surface area contributed by atoms with Crippen LogP contribution in [0.5, 0.6) is 5.75 Å². The second-order valence-corrected chi connectivity index (χ2v) is 8.79. The topological polar surface area (TPSA) is 46.5 Å². The summed E-state index contributed by atoms with van der Waals surface area (Å²) in [5.41, 5.74) is 4.09. The van der Waals surface area contributed by atoms with Crippen molar-refractivity contribution in [1.82, 2.24) is 0 Å². The average Bonchev–Trinajstić information content (AvgIpc) is 3.42. The van der Waals surface area contributed by atoms with Crippen LogP contribution in [0.25, 0.3) is 11.1 Å². The van der Waals surface area contributed by atoms with Gasteiger partial charge in [0.25, 0.3) is 0 Å². The molecule has 1 aromatic rings. The van der Waals surface area contributed by atoms with E-state index in [2.05, 4.69) is 33.8 Å².